The summed E-state index contributed by atoms with van der Waals surface area (Å²) >= 11 is 0. The lowest BCUT2D eigenvalue weighted by Gasteiger charge is -2.30. The first-order chi connectivity index (χ1) is 17.7. The Bertz CT molecular complexity index is 1250. The van der Waals surface area contributed by atoms with Crippen LogP contribution in [0.2, 0.25) is 0 Å². The number of ether oxygens (including phenoxy) is 1. The summed E-state index contributed by atoms with van der Waals surface area (Å²) in [6, 6.07) is 11.7. The van der Waals surface area contributed by atoms with E-state index in [1.165, 1.54) is 0 Å². The van der Waals surface area contributed by atoms with Crippen molar-refractivity contribution >= 4 is 23.4 Å². The molecule has 6 rings (SSSR count). The van der Waals surface area contributed by atoms with Crippen LogP contribution in [0.25, 0.3) is 11.3 Å². The second-order valence-electron chi connectivity index (χ2n) is 9.51. The SMILES string of the molecule is O=C(c1cccc(-c2nc(N3CCOCC3)nc3c2CCN3c2ccncc2)c1)N1CCCC(O)C1. The van der Waals surface area contributed by atoms with Gasteiger partial charge in [0, 0.05) is 67.5 Å². The van der Waals surface area contributed by atoms with Gasteiger partial charge >= 0.3 is 0 Å². The first-order valence-electron chi connectivity index (χ1n) is 12.7. The van der Waals surface area contributed by atoms with Crippen LogP contribution in [0.15, 0.2) is 48.8 Å². The van der Waals surface area contributed by atoms with Gasteiger partial charge in [-0.3, -0.25) is 9.78 Å². The largest absolute Gasteiger partial charge is 0.391 e. The van der Waals surface area contributed by atoms with Gasteiger partial charge in [0.1, 0.15) is 5.82 Å². The van der Waals surface area contributed by atoms with Crippen LogP contribution >= 0.6 is 0 Å². The normalized spacial score (nSPS) is 19.9. The Kier molecular flexibility index (Phi) is 6.25. The van der Waals surface area contributed by atoms with Crippen LogP contribution in [-0.4, -0.2) is 82.9 Å². The van der Waals surface area contributed by atoms with E-state index < -0.39 is 6.10 Å². The highest BCUT2D eigenvalue weighted by atomic mass is 16.5. The van der Waals surface area contributed by atoms with Crippen LogP contribution in [0.4, 0.5) is 17.5 Å². The number of morpholine rings is 1. The van der Waals surface area contributed by atoms with Crippen molar-refractivity contribution in [3.05, 3.63) is 59.9 Å². The van der Waals surface area contributed by atoms with E-state index in [2.05, 4.69) is 14.8 Å². The molecule has 1 amide bonds. The fourth-order valence-corrected chi connectivity index (χ4v) is 5.28. The quantitative estimate of drug-likeness (QED) is 0.602. The Morgan fingerprint density at radius 3 is 2.67 bits per heavy atom. The van der Waals surface area contributed by atoms with E-state index in [0.29, 0.717) is 37.8 Å². The molecule has 36 heavy (non-hydrogen) atoms. The van der Waals surface area contributed by atoms with Crippen molar-refractivity contribution < 1.29 is 14.6 Å². The summed E-state index contributed by atoms with van der Waals surface area (Å²) in [5.74, 6) is 1.54. The summed E-state index contributed by atoms with van der Waals surface area (Å²) < 4.78 is 5.55. The maximum atomic E-state index is 13.3. The topological polar surface area (TPSA) is 94.9 Å². The van der Waals surface area contributed by atoms with Gasteiger partial charge in [0.05, 0.1) is 25.0 Å². The third-order valence-electron chi connectivity index (χ3n) is 7.15. The van der Waals surface area contributed by atoms with Crippen LogP contribution < -0.4 is 9.80 Å². The van der Waals surface area contributed by atoms with Crippen LogP contribution in [0.5, 0.6) is 0 Å². The van der Waals surface area contributed by atoms with Gasteiger partial charge in [-0.2, -0.15) is 4.98 Å². The highest BCUT2D eigenvalue weighted by molar-refractivity contribution is 5.95. The molecule has 2 aromatic heterocycles. The lowest BCUT2D eigenvalue weighted by atomic mass is 10.0. The number of likely N-dealkylation sites (tertiary alicyclic amines) is 1. The molecule has 5 heterocycles. The molecule has 2 saturated heterocycles. The van der Waals surface area contributed by atoms with Gasteiger partial charge in [-0.25, -0.2) is 4.98 Å². The Morgan fingerprint density at radius 1 is 1.03 bits per heavy atom. The minimum atomic E-state index is -0.453. The summed E-state index contributed by atoms with van der Waals surface area (Å²) in [4.78, 5) is 33.6. The van der Waals surface area contributed by atoms with Crippen LogP contribution in [0.1, 0.15) is 28.8 Å². The number of amides is 1. The molecule has 9 nitrogen and oxygen atoms in total. The Morgan fingerprint density at radius 2 is 1.86 bits per heavy atom. The van der Waals surface area contributed by atoms with Crippen molar-refractivity contribution in [2.45, 2.75) is 25.4 Å². The zero-order chi connectivity index (χ0) is 24.5. The number of fused-ring (bicyclic) bond motifs is 1. The lowest BCUT2D eigenvalue weighted by molar-refractivity contribution is 0.0474. The van der Waals surface area contributed by atoms with Crippen molar-refractivity contribution in [2.75, 3.05) is 55.7 Å². The fraction of sp³-hybridized carbons (Fsp3) is 0.407. The molecular formula is C27H30N6O3. The number of aliphatic hydroxyl groups excluding tert-OH is 1. The van der Waals surface area contributed by atoms with Crippen molar-refractivity contribution in [1.29, 1.82) is 0 Å². The number of hydrogen-bond acceptors (Lipinski definition) is 8. The Balaban J connectivity index is 1.41. The summed E-state index contributed by atoms with van der Waals surface area (Å²) in [6.45, 7) is 4.63. The number of nitrogens with zero attached hydrogens (tertiary/aromatic N) is 6. The maximum absolute atomic E-state index is 13.3. The molecule has 1 atom stereocenters. The summed E-state index contributed by atoms with van der Waals surface area (Å²) in [6.07, 6.45) is 5.52. The molecule has 1 aromatic carbocycles. The molecule has 186 valence electrons. The van der Waals surface area contributed by atoms with Gasteiger partial charge in [-0.15, -0.1) is 0 Å². The number of rotatable bonds is 4. The monoisotopic (exact) mass is 486 g/mol. The average Bonchev–Trinajstić information content (AvgIpc) is 3.37. The molecule has 3 aromatic rings. The molecule has 3 aliphatic rings. The molecule has 0 spiro atoms. The van der Waals surface area contributed by atoms with Crippen molar-refractivity contribution in [2.24, 2.45) is 0 Å². The van der Waals surface area contributed by atoms with E-state index in [1.807, 2.05) is 36.4 Å². The zero-order valence-electron chi connectivity index (χ0n) is 20.2. The molecule has 9 heteroatoms. The van der Waals surface area contributed by atoms with Crippen molar-refractivity contribution in [3.63, 3.8) is 0 Å². The van der Waals surface area contributed by atoms with E-state index in [4.69, 9.17) is 14.7 Å². The molecule has 0 aliphatic carbocycles. The molecule has 3 aliphatic heterocycles. The first-order valence-corrected chi connectivity index (χ1v) is 12.7. The molecule has 1 unspecified atom stereocenters. The number of pyridine rings is 1. The second-order valence-corrected chi connectivity index (χ2v) is 9.51. The molecular weight excluding hydrogens is 456 g/mol. The number of anilines is 3. The van der Waals surface area contributed by atoms with Gasteiger partial charge in [-0.05, 0) is 43.5 Å². The number of β-amino-alcohol motifs (C(OH)–C–C–N with tert-alkyl or cyclic N) is 1. The first kappa shape index (κ1) is 22.9. The number of aromatic nitrogens is 3. The third-order valence-corrected chi connectivity index (χ3v) is 7.15. The van der Waals surface area contributed by atoms with E-state index in [-0.39, 0.29) is 5.91 Å². The predicted octanol–water partition coefficient (Wildman–Crippen LogP) is 2.67. The van der Waals surface area contributed by atoms with E-state index in [1.54, 1.807) is 17.3 Å². The molecule has 0 saturated carbocycles. The molecule has 1 N–H and O–H groups in total. The van der Waals surface area contributed by atoms with Crippen LogP contribution in [-0.2, 0) is 11.2 Å². The van der Waals surface area contributed by atoms with Crippen LogP contribution in [0.3, 0.4) is 0 Å². The van der Waals surface area contributed by atoms with Crippen LogP contribution in [0, 0.1) is 0 Å². The highest BCUT2D eigenvalue weighted by Gasteiger charge is 2.30. The van der Waals surface area contributed by atoms with E-state index >= 15 is 0 Å². The zero-order valence-corrected chi connectivity index (χ0v) is 20.2. The standard InChI is InChI=1S/C27H30N6O3/c34-22-5-2-11-32(18-22)26(35)20-4-1-3-19(17-20)24-23-8-12-33(21-6-9-28-10-7-21)25(23)30-27(29-24)31-13-15-36-16-14-31/h1,3-4,6-7,9-10,17,22,34H,2,5,8,11-16,18H2. The minimum Gasteiger partial charge on any atom is -0.391 e. The minimum absolute atomic E-state index is 0.0480. The Hall–Kier alpha value is -3.56. The Labute approximate surface area is 210 Å². The predicted molar refractivity (Wildman–Crippen MR) is 137 cm³/mol. The van der Waals surface area contributed by atoms with Gasteiger partial charge in [0.25, 0.3) is 5.91 Å². The fourth-order valence-electron chi connectivity index (χ4n) is 5.28. The number of carbonyl (C=O) groups is 1. The van der Waals surface area contributed by atoms with Gasteiger partial charge < -0.3 is 24.5 Å². The van der Waals surface area contributed by atoms with Gasteiger partial charge in [0.2, 0.25) is 5.95 Å². The second kappa shape index (κ2) is 9.83. The number of aliphatic hydroxyl groups is 1. The molecule has 2 fully saturated rings. The average molecular weight is 487 g/mol. The maximum Gasteiger partial charge on any atom is 0.253 e. The van der Waals surface area contributed by atoms with Gasteiger partial charge in [0.15, 0.2) is 0 Å². The van der Waals surface area contributed by atoms with Crippen molar-refractivity contribution in [1.82, 2.24) is 19.9 Å². The molecule has 0 radical (unpaired) electrons. The highest BCUT2D eigenvalue weighted by Crippen LogP contribution is 2.39. The number of benzene rings is 1. The van der Waals surface area contributed by atoms with Crippen molar-refractivity contribution in [3.8, 4) is 11.3 Å². The van der Waals surface area contributed by atoms with Gasteiger partial charge in [-0.1, -0.05) is 12.1 Å². The summed E-state index contributed by atoms with van der Waals surface area (Å²) in [5.41, 5.74) is 4.52. The summed E-state index contributed by atoms with van der Waals surface area (Å²) in [5, 5.41) is 10.1. The smallest absolute Gasteiger partial charge is 0.253 e. The number of carbonyl (C=O) groups excluding carboxylic acids is 1. The van der Waals surface area contributed by atoms with E-state index in [0.717, 1.165) is 67.2 Å². The van der Waals surface area contributed by atoms with E-state index in [9.17, 15) is 9.90 Å². The lowest BCUT2D eigenvalue weighted by Crippen LogP contribution is -2.42. The number of hydrogen-bond donors (Lipinski definition) is 1. The third kappa shape index (κ3) is 4.40. The molecule has 0 bridgehead atoms. The summed E-state index contributed by atoms with van der Waals surface area (Å²) in [7, 11) is 0. The number of piperidine rings is 1.